The Morgan fingerprint density at radius 3 is 2.92 bits per heavy atom. The van der Waals surface area contributed by atoms with Gasteiger partial charge in [-0.3, -0.25) is 5.10 Å². The summed E-state index contributed by atoms with van der Waals surface area (Å²) in [7, 11) is 0. The second-order valence-electron chi connectivity index (χ2n) is 6.17. The zero-order valence-electron chi connectivity index (χ0n) is 13.5. The highest BCUT2D eigenvalue weighted by Gasteiger charge is 2.20. The van der Waals surface area contributed by atoms with Gasteiger partial charge in [0.2, 0.25) is 5.88 Å². The van der Waals surface area contributed by atoms with Crippen molar-refractivity contribution >= 4 is 21.9 Å². The van der Waals surface area contributed by atoms with E-state index in [1.807, 2.05) is 24.3 Å². The van der Waals surface area contributed by atoms with Crippen LogP contribution in [-0.2, 0) is 4.74 Å². The molecule has 2 N–H and O–H groups in total. The predicted octanol–water partition coefficient (Wildman–Crippen LogP) is 3.06. The van der Waals surface area contributed by atoms with Gasteiger partial charge in [-0.2, -0.15) is 5.10 Å². The second-order valence-corrected chi connectivity index (χ2v) is 6.17. The van der Waals surface area contributed by atoms with Crippen LogP contribution in [0.4, 0.5) is 0 Å². The smallest absolute Gasteiger partial charge is 0.225 e. The molecule has 1 saturated heterocycles. The molecule has 3 aromatic heterocycles. The van der Waals surface area contributed by atoms with Gasteiger partial charge in [-0.05, 0) is 18.2 Å². The number of fused-ring (bicyclic) bond motifs is 2. The maximum Gasteiger partial charge on any atom is 0.225 e. The number of aromatic amines is 2. The Hall–Kier alpha value is -2.93. The fourth-order valence-electron chi connectivity index (χ4n) is 3.27. The number of nitrogens with one attached hydrogen (secondary N) is 2. The summed E-state index contributed by atoms with van der Waals surface area (Å²) in [6.07, 6.45) is 5.33. The molecule has 0 radical (unpaired) electrons. The quantitative estimate of drug-likeness (QED) is 0.601. The highest BCUT2D eigenvalue weighted by molar-refractivity contribution is 5.97. The molecule has 7 heteroatoms. The zero-order valence-corrected chi connectivity index (χ0v) is 13.5. The van der Waals surface area contributed by atoms with Crippen LogP contribution in [0.1, 0.15) is 12.8 Å². The number of pyridine rings is 1. The molecule has 5 rings (SSSR count). The van der Waals surface area contributed by atoms with Crippen molar-refractivity contribution in [3.05, 3.63) is 36.8 Å². The lowest BCUT2D eigenvalue weighted by molar-refractivity contribution is 0.0244. The topological polar surface area (TPSA) is 88.7 Å². The molecule has 0 aliphatic carbocycles. The number of aromatic nitrogens is 5. The average molecular weight is 335 g/mol. The van der Waals surface area contributed by atoms with E-state index in [9.17, 15) is 0 Å². The van der Waals surface area contributed by atoms with E-state index in [-0.39, 0.29) is 6.10 Å². The Morgan fingerprint density at radius 1 is 1.08 bits per heavy atom. The third kappa shape index (κ3) is 2.53. The van der Waals surface area contributed by atoms with Crippen LogP contribution < -0.4 is 4.74 Å². The summed E-state index contributed by atoms with van der Waals surface area (Å²) in [6, 6.07) is 7.96. The van der Waals surface area contributed by atoms with Gasteiger partial charge in [0.15, 0.2) is 0 Å². The molecule has 0 spiro atoms. The molecule has 126 valence electrons. The van der Waals surface area contributed by atoms with Crippen LogP contribution in [0.2, 0.25) is 0 Å². The SMILES string of the molecule is c1cc2[nH]nc(-c3ccc4nc[nH]c4c3)c2c(OC2CCOCC2)n1. The molecule has 0 bridgehead atoms. The van der Waals surface area contributed by atoms with Crippen LogP contribution in [0.5, 0.6) is 5.88 Å². The molecule has 1 aromatic carbocycles. The predicted molar refractivity (Wildman–Crippen MR) is 93.4 cm³/mol. The number of hydrogen-bond donors (Lipinski definition) is 2. The molecule has 1 aliphatic rings. The Bertz CT molecular complexity index is 1030. The van der Waals surface area contributed by atoms with Gasteiger partial charge in [0.05, 0.1) is 41.5 Å². The Labute approximate surface area is 143 Å². The maximum absolute atomic E-state index is 6.19. The number of hydrogen-bond acceptors (Lipinski definition) is 5. The number of benzene rings is 1. The first-order valence-corrected chi connectivity index (χ1v) is 8.39. The summed E-state index contributed by atoms with van der Waals surface area (Å²) in [5.74, 6) is 0.623. The minimum Gasteiger partial charge on any atom is -0.474 e. The molecule has 25 heavy (non-hydrogen) atoms. The molecule has 0 saturated carbocycles. The molecule has 1 aliphatic heterocycles. The van der Waals surface area contributed by atoms with Crippen molar-refractivity contribution in [2.75, 3.05) is 13.2 Å². The van der Waals surface area contributed by atoms with Gasteiger partial charge in [-0.1, -0.05) is 6.07 Å². The largest absolute Gasteiger partial charge is 0.474 e. The zero-order chi connectivity index (χ0) is 16.6. The van der Waals surface area contributed by atoms with Gasteiger partial charge in [-0.15, -0.1) is 0 Å². The lowest BCUT2D eigenvalue weighted by atomic mass is 10.1. The highest BCUT2D eigenvalue weighted by atomic mass is 16.5. The van der Waals surface area contributed by atoms with Crippen LogP contribution in [-0.4, -0.2) is 44.5 Å². The van der Waals surface area contributed by atoms with Crippen molar-refractivity contribution in [1.82, 2.24) is 25.1 Å². The first-order chi connectivity index (χ1) is 12.4. The summed E-state index contributed by atoms with van der Waals surface area (Å²) < 4.78 is 11.6. The van der Waals surface area contributed by atoms with Gasteiger partial charge in [0.25, 0.3) is 0 Å². The lowest BCUT2D eigenvalue weighted by Gasteiger charge is -2.23. The van der Waals surface area contributed by atoms with Crippen molar-refractivity contribution in [3.8, 4) is 17.1 Å². The molecule has 7 nitrogen and oxygen atoms in total. The Balaban J connectivity index is 1.60. The van der Waals surface area contributed by atoms with E-state index in [1.54, 1.807) is 12.5 Å². The van der Waals surface area contributed by atoms with Crippen molar-refractivity contribution in [2.24, 2.45) is 0 Å². The third-order valence-electron chi connectivity index (χ3n) is 4.58. The molecule has 4 heterocycles. The molecule has 1 fully saturated rings. The van der Waals surface area contributed by atoms with E-state index in [0.29, 0.717) is 5.88 Å². The first kappa shape index (κ1) is 14.4. The molecule has 0 amide bonds. The molecule has 0 unspecified atom stereocenters. The van der Waals surface area contributed by atoms with Gasteiger partial charge in [-0.25, -0.2) is 9.97 Å². The van der Waals surface area contributed by atoms with Crippen LogP contribution in [0, 0.1) is 0 Å². The standard InChI is InChI=1S/C18H17N5O2/c1-2-13-15(21-10-20-13)9-11(1)17-16-14(22-23-17)3-6-19-18(16)25-12-4-7-24-8-5-12/h1-3,6,9-10,12H,4-5,7-8H2,(H,20,21)(H,22,23). The Kier molecular flexibility index (Phi) is 3.38. The van der Waals surface area contributed by atoms with Crippen molar-refractivity contribution < 1.29 is 9.47 Å². The molecular weight excluding hydrogens is 318 g/mol. The minimum absolute atomic E-state index is 0.129. The van der Waals surface area contributed by atoms with Gasteiger partial charge >= 0.3 is 0 Å². The van der Waals surface area contributed by atoms with Crippen LogP contribution in [0.15, 0.2) is 36.8 Å². The van der Waals surface area contributed by atoms with Gasteiger partial charge < -0.3 is 14.5 Å². The van der Waals surface area contributed by atoms with E-state index in [4.69, 9.17) is 9.47 Å². The van der Waals surface area contributed by atoms with Crippen molar-refractivity contribution in [1.29, 1.82) is 0 Å². The number of imidazole rings is 1. The normalized spacial score (nSPS) is 15.8. The summed E-state index contributed by atoms with van der Waals surface area (Å²) in [5.41, 5.74) is 4.65. The van der Waals surface area contributed by atoms with E-state index in [1.165, 1.54) is 0 Å². The van der Waals surface area contributed by atoms with Gasteiger partial charge in [0, 0.05) is 24.6 Å². The van der Waals surface area contributed by atoms with E-state index in [2.05, 4.69) is 25.1 Å². The van der Waals surface area contributed by atoms with E-state index >= 15 is 0 Å². The molecular formula is C18H17N5O2. The lowest BCUT2D eigenvalue weighted by Crippen LogP contribution is -2.26. The number of rotatable bonds is 3. The average Bonchev–Trinajstić information content (AvgIpc) is 3.29. The summed E-state index contributed by atoms with van der Waals surface area (Å²) >= 11 is 0. The number of ether oxygens (including phenoxy) is 2. The van der Waals surface area contributed by atoms with Crippen molar-refractivity contribution in [2.45, 2.75) is 18.9 Å². The maximum atomic E-state index is 6.19. The number of nitrogens with zero attached hydrogens (tertiary/aromatic N) is 3. The third-order valence-corrected chi connectivity index (χ3v) is 4.58. The van der Waals surface area contributed by atoms with E-state index in [0.717, 1.165) is 59.2 Å². The van der Waals surface area contributed by atoms with Crippen molar-refractivity contribution in [3.63, 3.8) is 0 Å². The fourth-order valence-corrected chi connectivity index (χ4v) is 3.27. The van der Waals surface area contributed by atoms with Crippen LogP contribution in [0.3, 0.4) is 0 Å². The summed E-state index contributed by atoms with van der Waals surface area (Å²) in [4.78, 5) is 11.9. The fraction of sp³-hybridized carbons (Fsp3) is 0.278. The monoisotopic (exact) mass is 335 g/mol. The number of H-pyrrole nitrogens is 2. The molecule has 0 atom stereocenters. The van der Waals surface area contributed by atoms with Gasteiger partial charge in [0.1, 0.15) is 11.8 Å². The summed E-state index contributed by atoms with van der Waals surface area (Å²) in [6.45, 7) is 1.46. The Morgan fingerprint density at radius 2 is 2.00 bits per heavy atom. The van der Waals surface area contributed by atoms with Crippen LogP contribution in [0.25, 0.3) is 33.2 Å². The summed E-state index contributed by atoms with van der Waals surface area (Å²) in [5, 5.41) is 8.50. The second kappa shape index (κ2) is 5.86. The van der Waals surface area contributed by atoms with E-state index < -0.39 is 0 Å². The molecule has 4 aromatic rings. The first-order valence-electron chi connectivity index (χ1n) is 8.39. The highest BCUT2D eigenvalue weighted by Crippen LogP contribution is 2.34. The minimum atomic E-state index is 0.129. The van der Waals surface area contributed by atoms with Crippen LogP contribution >= 0.6 is 0 Å².